The SMILES string of the molecule is CCOc1cc(C(CS(C)(=O)=O)N(O)c2cccc(C(=O)N3CCCC3)c2N)ccc1OC. The Morgan fingerprint density at radius 1 is 1.21 bits per heavy atom. The second kappa shape index (κ2) is 10.3. The van der Waals surface area contributed by atoms with E-state index in [1.54, 1.807) is 41.3 Å². The molecule has 0 bridgehead atoms. The fraction of sp³-hybridized carbons (Fsp3) is 0.435. The lowest BCUT2D eigenvalue weighted by Gasteiger charge is -2.30. The fourth-order valence-electron chi connectivity index (χ4n) is 3.96. The number of benzene rings is 2. The molecule has 0 aromatic heterocycles. The van der Waals surface area contributed by atoms with Crippen LogP contribution in [0, 0.1) is 0 Å². The smallest absolute Gasteiger partial charge is 0.256 e. The van der Waals surface area contributed by atoms with Crippen LogP contribution in [0.3, 0.4) is 0 Å². The molecule has 1 aliphatic heterocycles. The van der Waals surface area contributed by atoms with Gasteiger partial charge in [-0.1, -0.05) is 12.1 Å². The third kappa shape index (κ3) is 5.69. The lowest BCUT2D eigenvalue weighted by molar-refractivity contribution is 0.0794. The van der Waals surface area contributed by atoms with E-state index in [0.717, 1.165) is 24.2 Å². The van der Waals surface area contributed by atoms with E-state index in [2.05, 4.69) is 0 Å². The molecule has 2 aromatic carbocycles. The molecular formula is C23H31N3O6S. The molecule has 0 radical (unpaired) electrons. The first-order chi connectivity index (χ1) is 15.7. The van der Waals surface area contributed by atoms with Crippen molar-refractivity contribution in [2.45, 2.75) is 25.8 Å². The van der Waals surface area contributed by atoms with Crippen molar-refractivity contribution in [1.82, 2.24) is 4.90 Å². The molecule has 3 rings (SSSR count). The van der Waals surface area contributed by atoms with Crippen molar-refractivity contribution in [3.05, 3.63) is 47.5 Å². The zero-order valence-electron chi connectivity index (χ0n) is 19.2. The second-order valence-electron chi connectivity index (χ2n) is 8.03. The van der Waals surface area contributed by atoms with Gasteiger partial charge in [0.05, 0.1) is 42.4 Å². The predicted octanol–water partition coefficient (Wildman–Crippen LogP) is 2.89. The molecule has 1 unspecified atom stereocenters. The summed E-state index contributed by atoms with van der Waals surface area (Å²) in [6.07, 6.45) is 2.97. The number of nitrogens with two attached hydrogens (primary N) is 1. The molecule has 180 valence electrons. The summed E-state index contributed by atoms with van der Waals surface area (Å²) in [5.74, 6) is 0.324. The van der Waals surface area contributed by atoms with Crippen LogP contribution in [-0.2, 0) is 9.84 Å². The fourth-order valence-corrected chi connectivity index (χ4v) is 4.87. The first-order valence-corrected chi connectivity index (χ1v) is 12.9. The number of hydrogen-bond donors (Lipinski definition) is 2. The van der Waals surface area contributed by atoms with Crippen LogP contribution in [0.2, 0.25) is 0 Å². The Balaban J connectivity index is 2.03. The van der Waals surface area contributed by atoms with Gasteiger partial charge in [-0.2, -0.15) is 0 Å². The summed E-state index contributed by atoms with van der Waals surface area (Å²) < 4.78 is 35.4. The first-order valence-electron chi connectivity index (χ1n) is 10.8. The Morgan fingerprint density at radius 2 is 1.91 bits per heavy atom. The van der Waals surface area contributed by atoms with Crippen molar-refractivity contribution in [2.24, 2.45) is 0 Å². The molecule has 9 nitrogen and oxygen atoms in total. The summed E-state index contributed by atoms with van der Waals surface area (Å²) in [4.78, 5) is 14.6. The van der Waals surface area contributed by atoms with Gasteiger partial charge in [0.15, 0.2) is 11.5 Å². The third-order valence-corrected chi connectivity index (χ3v) is 6.50. The molecule has 0 saturated carbocycles. The highest BCUT2D eigenvalue weighted by Crippen LogP contribution is 2.37. The molecule has 0 spiro atoms. The van der Waals surface area contributed by atoms with Crippen molar-refractivity contribution in [3.63, 3.8) is 0 Å². The van der Waals surface area contributed by atoms with Crippen LogP contribution in [0.15, 0.2) is 36.4 Å². The van der Waals surface area contributed by atoms with Crippen LogP contribution in [0.25, 0.3) is 0 Å². The predicted molar refractivity (Wildman–Crippen MR) is 127 cm³/mol. The number of sulfone groups is 1. The lowest BCUT2D eigenvalue weighted by atomic mass is 10.0. The molecule has 2 aromatic rings. The standard InChI is InChI=1S/C23H31N3O6S/c1-4-32-21-14-16(10-11-20(21)31-2)19(15-33(3,29)30)26(28)18-9-7-8-17(22(18)24)23(27)25-12-5-6-13-25/h7-11,14,19,28H,4-6,12-13,15,24H2,1-3H3. The summed E-state index contributed by atoms with van der Waals surface area (Å²) >= 11 is 0. The van der Waals surface area contributed by atoms with Gasteiger partial charge in [-0.25, -0.2) is 13.5 Å². The summed E-state index contributed by atoms with van der Waals surface area (Å²) in [7, 11) is -2.00. The van der Waals surface area contributed by atoms with Crippen molar-refractivity contribution in [3.8, 4) is 11.5 Å². The molecule has 1 atom stereocenters. The van der Waals surface area contributed by atoms with Crippen molar-refractivity contribution in [1.29, 1.82) is 0 Å². The number of carbonyl (C=O) groups is 1. The van der Waals surface area contributed by atoms with Crippen molar-refractivity contribution >= 4 is 27.1 Å². The van der Waals surface area contributed by atoms with Gasteiger partial charge in [-0.3, -0.25) is 10.0 Å². The highest BCUT2D eigenvalue weighted by Gasteiger charge is 2.29. The van der Waals surface area contributed by atoms with Gasteiger partial charge in [-0.05, 0) is 49.6 Å². The van der Waals surface area contributed by atoms with Crippen LogP contribution < -0.4 is 20.3 Å². The average molecular weight is 478 g/mol. The number of rotatable bonds is 9. The Bertz CT molecular complexity index is 1100. The second-order valence-corrected chi connectivity index (χ2v) is 10.2. The van der Waals surface area contributed by atoms with E-state index in [1.165, 1.54) is 7.11 Å². The van der Waals surface area contributed by atoms with E-state index in [0.29, 0.717) is 36.8 Å². The maximum absolute atomic E-state index is 12.9. The highest BCUT2D eigenvalue weighted by molar-refractivity contribution is 7.90. The number of para-hydroxylation sites is 1. The first kappa shape index (κ1) is 24.7. The molecule has 1 saturated heterocycles. The van der Waals surface area contributed by atoms with E-state index in [9.17, 15) is 18.4 Å². The zero-order chi connectivity index (χ0) is 24.2. The molecule has 1 amide bonds. The van der Waals surface area contributed by atoms with Crippen molar-refractivity contribution in [2.75, 3.05) is 49.6 Å². The monoisotopic (exact) mass is 477 g/mol. The lowest BCUT2D eigenvalue weighted by Crippen LogP contribution is -2.32. The van der Waals surface area contributed by atoms with Gasteiger partial charge in [0.25, 0.3) is 5.91 Å². The molecule has 1 fully saturated rings. The minimum Gasteiger partial charge on any atom is -0.493 e. The van der Waals surface area contributed by atoms with E-state index < -0.39 is 15.9 Å². The van der Waals surface area contributed by atoms with Crippen LogP contribution in [-0.4, -0.2) is 63.2 Å². The summed E-state index contributed by atoms with van der Waals surface area (Å²) in [5.41, 5.74) is 7.32. The van der Waals surface area contributed by atoms with Crippen LogP contribution >= 0.6 is 0 Å². The molecule has 10 heteroatoms. The van der Waals surface area contributed by atoms with Gasteiger partial charge in [0, 0.05) is 19.3 Å². The number of carbonyl (C=O) groups excluding carboxylic acids is 1. The average Bonchev–Trinajstić information content (AvgIpc) is 3.31. The summed E-state index contributed by atoms with van der Waals surface area (Å²) in [6, 6.07) is 8.74. The Kier molecular flexibility index (Phi) is 7.70. The normalized spacial score (nSPS) is 14.7. The number of anilines is 2. The Morgan fingerprint density at radius 3 is 2.52 bits per heavy atom. The third-order valence-electron chi connectivity index (χ3n) is 5.58. The van der Waals surface area contributed by atoms with Gasteiger partial charge in [0.2, 0.25) is 0 Å². The Hall–Kier alpha value is -2.98. The molecule has 3 N–H and O–H groups in total. The number of likely N-dealkylation sites (tertiary alicyclic amines) is 1. The number of nitrogen functional groups attached to an aromatic ring is 1. The number of hydroxylamine groups is 1. The summed E-state index contributed by atoms with van der Waals surface area (Å²) in [5, 5.41) is 12.0. The van der Waals surface area contributed by atoms with E-state index in [4.69, 9.17) is 15.2 Å². The van der Waals surface area contributed by atoms with Crippen molar-refractivity contribution < 1.29 is 27.9 Å². The molecule has 1 heterocycles. The Labute approximate surface area is 194 Å². The van der Waals surface area contributed by atoms with Gasteiger partial charge in [-0.15, -0.1) is 0 Å². The van der Waals surface area contributed by atoms with Crippen LogP contribution in [0.4, 0.5) is 11.4 Å². The topological polar surface area (TPSA) is 122 Å². The van der Waals surface area contributed by atoms with E-state index in [1.807, 2.05) is 6.92 Å². The maximum Gasteiger partial charge on any atom is 0.256 e. The summed E-state index contributed by atoms with van der Waals surface area (Å²) in [6.45, 7) is 3.53. The van der Waals surface area contributed by atoms with Crippen LogP contribution in [0.5, 0.6) is 11.5 Å². The zero-order valence-corrected chi connectivity index (χ0v) is 20.0. The maximum atomic E-state index is 12.9. The molecule has 0 aliphatic carbocycles. The number of ether oxygens (including phenoxy) is 2. The molecular weight excluding hydrogens is 446 g/mol. The van der Waals surface area contributed by atoms with Gasteiger partial charge < -0.3 is 20.1 Å². The van der Waals surface area contributed by atoms with Gasteiger partial charge >= 0.3 is 0 Å². The highest BCUT2D eigenvalue weighted by atomic mass is 32.2. The van der Waals surface area contributed by atoms with Gasteiger partial charge in [0.1, 0.15) is 9.84 Å². The molecule has 33 heavy (non-hydrogen) atoms. The van der Waals surface area contributed by atoms with Crippen LogP contribution in [0.1, 0.15) is 41.7 Å². The number of methoxy groups -OCH3 is 1. The number of hydrogen-bond acceptors (Lipinski definition) is 8. The quantitative estimate of drug-likeness (QED) is 0.418. The van der Waals surface area contributed by atoms with E-state index in [-0.39, 0.29) is 28.6 Å². The molecule has 1 aliphatic rings. The minimum atomic E-state index is -3.51. The van der Waals surface area contributed by atoms with E-state index >= 15 is 0 Å². The minimum absolute atomic E-state index is 0.0916. The number of amides is 1. The number of nitrogens with zero attached hydrogens (tertiary/aromatic N) is 2. The largest absolute Gasteiger partial charge is 0.493 e.